The third-order valence-electron chi connectivity index (χ3n) is 2.24. The molecule has 2 rings (SSSR count). The molecule has 96 valence electrons. The summed E-state index contributed by atoms with van der Waals surface area (Å²) in [4.78, 5) is 3.57. The normalized spacial score (nSPS) is 10.7. The van der Waals surface area contributed by atoms with Crippen LogP contribution in [-0.2, 0) is 10.0 Å². The molecule has 0 aliphatic heterocycles. The van der Waals surface area contributed by atoms with Crippen LogP contribution in [0.2, 0.25) is 0 Å². The van der Waals surface area contributed by atoms with Gasteiger partial charge in [0.15, 0.2) is 0 Å². The third-order valence-corrected chi connectivity index (χ3v) is 3.60. The second-order valence-electron chi connectivity index (χ2n) is 3.61. The van der Waals surface area contributed by atoms with Gasteiger partial charge in [-0.3, -0.25) is 4.72 Å². The van der Waals surface area contributed by atoms with E-state index in [4.69, 9.17) is 5.26 Å². The summed E-state index contributed by atoms with van der Waals surface area (Å²) in [6, 6.07) is 9.43. The fourth-order valence-electron chi connectivity index (χ4n) is 1.37. The molecule has 5 nitrogen and oxygen atoms in total. The van der Waals surface area contributed by atoms with Crippen molar-refractivity contribution in [3.05, 3.63) is 54.1 Å². The minimum atomic E-state index is -3.84. The number of rotatable bonds is 3. The molecule has 1 N–H and O–H groups in total. The van der Waals surface area contributed by atoms with Crippen molar-refractivity contribution >= 4 is 15.7 Å². The van der Waals surface area contributed by atoms with E-state index in [1.165, 1.54) is 30.3 Å². The molecule has 0 fully saturated rings. The number of halogens is 1. The van der Waals surface area contributed by atoms with E-state index >= 15 is 0 Å². The maximum atomic E-state index is 13.0. The molecule has 19 heavy (non-hydrogen) atoms. The molecule has 0 amide bonds. The van der Waals surface area contributed by atoms with Crippen LogP contribution in [0.4, 0.5) is 10.1 Å². The highest BCUT2D eigenvalue weighted by atomic mass is 32.2. The molecule has 0 aliphatic rings. The molecule has 1 aromatic carbocycles. The zero-order chi connectivity index (χ0) is 13.9. The predicted molar refractivity (Wildman–Crippen MR) is 66.2 cm³/mol. The Kier molecular flexibility index (Phi) is 3.44. The van der Waals surface area contributed by atoms with Gasteiger partial charge in [-0.1, -0.05) is 6.07 Å². The van der Waals surface area contributed by atoms with Crippen molar-refractivity contribution in [1.82, 2.24) is 4.98 Å². The lowest BCUT2D eigenvalue weighted by atomic mass is 10.3. The van der Waals surface area contributed by atoms with Gasteiger partial charge in [-0.25, -0.2) is 17.8 Å². The van der Waals surface area contributed by atoms with E-state index in [2.05, 4.69) is 9.71 Å². The summed E-state index contributed by atoms with van der Waals surface area (Å²) in [6.45, 7) is 0. The zero-order valence-electron chi connectivity index (χ0n) is 9.54. The lowest BCUT2D eigenvalue weighted by Crippen LogP contribution is -2.13. The van der Waals surface area contributed by atoms with Crippen LogP contribution < -0.4 is 4.72 Å². The van der Waals surface area contributed by atoms with E-state index in [-0.39, 0.29) is 16.3 Å². The molecule has 2 aromatic rings. The largest absolute Gasteiger partial charge is 0.279 e. The SMILES string of the molecule is N#Cc1ccc(S(=O)(=O)Nc2cccc(F)c2)cn1. The van der Waals surface area contributed by atoms with E-state index in [0.717, 1.165) is 12.3 Å². The predicted octanol–water partition coefficient (Wildman–Crippen LogP) is 1.89. The van der Waals surface area contributed by atoms with Crippen molar-refractivity contribution in [2.75, 3.05) is 4.72 Å². The van der Waals surface area contributed by atoms with E-state index in [1.54, 1.807) is 6.07 Å². The molecule has 0 radical (unpaired) electrons. The second-order valence-corrected chi connectivity index (χ2v) is 5.29. The number of benzene rings is 1. The van der Waals surface area contributed by atoms with E-state index in [0.29, 0.717) is 0 Å². The molecule has 0 spiro atoms. The first kappa shape index (κ1) is 13.0. The fraction of sp³-hybridized carbons (Fsp3) is 0. The number of nitriles is 1. The summed E-state index contributed by atoms with van der Waals surface area (Å²) in [7, 11) is -3.84. The molecule has 7 heteroatoms. The summed E-state index contributed by atoms with van der Waals surface area (Å²) in [5, 5.41) is 8.58. The van der Waals surface area contributed by atoms with Crippen molar-refractivity contribution in [3.8, 4) is 6.07 Å². The highest BCUT2D eigenvalue weighted by molar-refractivity contribution is 7.92. The lowest BCUT2D eigenvalue weighted by molar-refractivity contribution is 0.600. The summed E-state index contributed by atoms with van der Waals surface area (Å²) in [6.07, 6.45) is 1.07. The van der Waals surface area contributed by atoms with Gasteiger partial charge in [0.2, 0.25) is 0 Å². The van der Waals surface area contributed by atoms with Gasteiger partial charge in [0.25, 0.3) is 10.0 Å². The van der Waals surface area contributed by atoms with Gasteiger partial charge in [-0.2, -0.15) is 5.26 Å². The molecule has 0 bridgehead atoms. The van der Waals surface area contributed by atoms with Crippen LogP contribution in [0.15, 0.2) is 47.5 Å². The van der Waals surface area contributed by atoms with Gasteiger partial charge in [-0.15, -0.1) is 0 Å². The van der Waals surface area contributed by atoms with Gasteiger partial charge >= 0.3 is 0 Å². The van der Waals surface area contributed by atoms with Crippen molar-refractivity contribution in [1.29, 1.82) is 5.26 Å². The van der Waals surface area contributed by atoms with Crippen LogP contribution >= 0.6 is 0 Å². The van der Waals surface area contributed by atoms with Crippen LogP contribution in [0.5, 0.6) is 0 Å². The quantitative estimate of drug-likeness (QED) is 0.928. The zero-order valence-corrected chi connectivity index (χ0v) is 10.4. The molecular formula is C12H8FN3O2S. The van der Waals surface area contributed by atoms with Gasteiger partial charge in [0, 0.05) is 6.20 Å². The molecule has 0 saturated carbocycles. The molecule has 0 aliphatic carbocycles. The Morgan fingerprint density at radius 3 is 2.63 bits per heavy atom. The first-order chi connectivity index (χ1) is 9.01. The Labute approximate surface area is 109 Å². The number of nitrogens with zero attached hydrogens (tertiary/aromatic N) is 2. The van der Waals surface area contributed by atoms with Crippen LogP contribution in [0.1, 0.15) is 5.69 Å². The minimum Gasteiger partial charge on any atom is -0.279 e. The number of hydrogen-bond donors (Lipinski definition) is 1. The minimum absolute atomic E-state index is 0.101. The number of hydrogen-bond acceptors (Lipinski definition) is 4. The number of sulfonamides is 1. The Morgan fingerprint density at radius 2 is 2.05 bits per heavy atom. The first-order valence-corrected chi connectivity index (χ1v) is 6.64. The van der Waals surface area contributed by atoms with Gasteiger partial charge < -0.3 is 0 Å². The maximum absolute atomic E-state index is 13.0. The van der Waals surface area contributed by atoms with E-state index in [1.807, 2.05) is 0 Å². The van der Waals surface area contributed by atoms with Crippen LogP contribution in [-0.4, -0.2) is 13.4 Å². The Balaban J connectivity index is 2.30. The number of pyridine rings is 1. The molecule has 1 heterocycles. The van der Waals surface area contributed by atoms with Crippen LogP contribution in [0, 0.1) is 17.1 Å². The highest BCUT2D eigenvalue weighted by Crippen LogP contribution is 2.16. The smallest absolute Gasteiger partial charge is 0.263 e. The second kappa shape index (κ2) is 5.04. The average Bonchev–Trinajstić information content (AvgIpc) is 2.38. The van der Waals surface area contributed by atoms with Crippen molar-refractivity contribution < 1.29 is 12.8 Å². The van der Waals surface area contributed by atoms with E-state index < -0.39 is 15.8 Å². The van der Waals surface area contributed by atoms with Gasteiger partial charge in [0.1, 0.15) is 22.5 Å². The van der Waals surface area contributed by atoms with Gasteiger partial charge in [-0.05, 0) is 30.3 Å². The molecule has 1 aromatic heterocycles. The van der Waals surface area contributed by atoms with Crippen LogP contribution in [0.25, 0.3) is 0 Å². The summed E-state index contributed by atoms with van der Waals surface area (Å²) < 4.78 is 39.1. The van der Waals surface area contributed by atoms with E-state index in [9.17, 15) is 12.8 Å². The molecule has 0 atom stereocenters. The fourth-order valence-corrected chi connectivity index (χ4v) is 2.37. The summed E-state index contributed by atoms with van der Waals surface area (Å²) in [5.74, 6) is -0.543. The number of anilines is 1. The maximum Gasteiger partial charge on any atom is 0.263 e. The molecule has 0 unspecified atom stereocenters. The van der Waals surface area contributed by atoms with Gasteiger partial charge in [0.05, 0.1) is 5.69 Å². The molecular weight excluding hydrogens is 269 g/mol. The van der Waals surface area contributed by atoms with Crippen molar-refractivity contribution in [3.63, 3.8) is 0 Å². The van der Waals surface area contributed by atoms with Crippen molar-refractivity contribution in [2.24, 2.45) is 0 Å². The average molecular weight is 277 g/mol. The lowest BCUT2D eigenvalue weighted by Gasteiger charge is -2.07. The monoisotopic (exact) mass is 277 g/mol. The topological polar surface area (TPSA) is 82.8 Å². The first-order valence-electron chi connectivity index (χ1n) is 5.16. The Hall–Kier alpha value is -2.46. The Bertz CT molecular complexity index is 736. The van der Waals surface area contributed by atoms with Crippen molar-refractivity contribution in [2.45, 2.75) is 4.90 Å². The standard InChI is InChI=1S/C12H8FN3O2S/c13-9-2-1-3-10(6-9)16-19(17,18)12-5-4-11(7-14)15-8-12/h1-6,8,16H. The third kappa shape index (κ3) is 3.05. The molecule has 0 saturated heterocycles. The number of aromatic nitrogens is 1. The Morgan fingerprint density at radius 1 is 1.26 bits per heavy atom. The summed E-state index contributed by atoms with van der Waals surface area (Å²) in [5.41, 5.74) is 0.231. The summed E-state index contributed by atoms with van der Waals surface area (Å²) >= 11 is 0. The number of nitrogens with one attached hydrogen (secondary N) is 1. The van der Waals surface area contributed by atoms with Crippen LogP contribution in [0.3, 0.4) is 0 Å². The highest BCUT2D eigenvalue weighted by Gasteiger charge is 2.14.